The van der Waals surface area contributed by atoms with Crippen molar-refractivity contribution in [3.8, 4) is 11.5 Å². The van der Waals surface area contributed by atoms with Crippen molar-refractivity contribution in [2.75, 3.05) is 23.9 Å². The molecule has 11 heteroatoms. The molecule has 2 aliphatic carbocycles. The van der Waals surface area contributed by atoms with Crippen LogP contribution in [-0.2, 0) is 14.4 Å². The summed E-state index contributed by atoms with van der Waals surface area (Å²) in [5, 5.41) is 3.79. The highest BCUT2D eigenvalue weighted by Gasteiger charge is 2.69. The lowest BCUT2D eigenvalue weighted by Crippen LogP contribution is -2.42. The first-order valence-corrected chi connectivity index (χ1v) is 17.0. The molecule has 234 valence electrons. The molecule has 1 aromatic heterocycles. The number of methoxy groups -OCH3 is 1. The topological polar surface area (TPSA) is 118 Å². The molecule has 2 saturated carbocycles. The summed E-state index contributed by atoms with van der Waals surface area (Å²) in [7, 11) is 1.58. The van der Waals surface area contributed by atoms with Gasteiger partial charge in [-0.1, -0.05) is 35.6 Å². The summed E-state index contributed by atoms with van der Waals surface area (Å²) in [6.45, 7) is 1.81. The Kier molecular flexibility index (Phi) is 7.06. The van der Waals surface area contributed by atoms with Gasteiger partial charge in [0.15, 0.2) is 6.61 Å². The van der Waals surface area contributed by atoms with E-state index in [4.69, 9.17) is 9.47 Å². The molecule has 0 radical (unpaired) electrons. The van der Waals surface area contributed by atoms with Gasteiger partial charge >= 0.3 is 4.87 Å². The molecule has 9 nitrogen and oxygen atoms in total. The molecule has 4 aliphatic rings. The van der Waals surface area contributed by atoms with Crippen molar-refractivity contribution in [2.45, 2.75) is 29.5 Å². The van der Waals surface area contributed by atoms with E-state index in [1.807, 2.05) is 55.5 Å². The number of ether oxygens (including phenoxy) is 2. The van der Waals surface area contributed by atoms with Crippen LogP contribution in [0.5, 0.6) is 11.5 Å². The van der Waals surface area contributed by atoms with Crippen LogP contribution in [0.15, 0.2) is 82.6 Å². The fraction of sp³-hybridized carbons (Fsp3) is 0.314. The number of hydrogen-bond donors (Lipinski definition) is 2. The predicted molar refractivity (Wildman–Crippen MR) is 176 cm³/mol. The number of imide groups is 1. The maximum absolute atomic E-state index is 14.0. The molecule has 0 spiro atoms. The number of amides is 3. The second-order valence-corrected chi connectivity index (χ2v) is 14.7. The smallest absolute Gasteiger partial charge is 0.305 e. The molecular weight excluding hydrogens is 623 g/mol. The standard InChI is InChI=1S/C35H31N3O6S2/c1-17-5-3-7-19(13-17)36-25(39)16-44-22-8-4-6-18(14-22)26-27-23-15-24(30(27)45-32-31(26)46-35(42)37-32)29-28(23)33(40)38(34(29)41)20-9-11-21(43-2)12-10-20/h3-14,23-24,26-30H,15-16H2,1-2H3,(H,36,39)(H,37,42)/t23?,24?,26-,27?,28?,29?,30?/m1/s1. The number of aryl methyl sites for hydroxylation is 1. The van der Waals surface area contributed by atoms with Crippen LogP contribution < -0.4 is 24.6 Å². The molecule has 8 rings (SSSR count). The van der Waals surface area contributed by atoms with Crippen molar-refractivity contribution in [1.29, 1.82) is 0 Å². The molecule has 1 saturated heterocycles. The minimum Gasteiger partial charge on any atom is -0.497 e. The highest BCUT2D eigenvalue weighted by molar-refractivity contribution is 8.00. The largest absolute Gasteiger partial charge is 0.497 e. The Morgan fingerprint density at radius 3 is 2.48 bits per heavy atom. The molecule has 3 amide bonds. The van der Waals surface area contributed by atoms with Crippen LogP contribution in [0, 0.1) is 36.5 Å². The van der Waals surface area contributed by atoms with Crippen molar-refractivity contribution in [3.63, 3.8) is 0 Å². The van der Waals surface area contributed by atoms with E-state index in [1.165, 1.54) is 16.2 Å². The number of rotatable bonds is 7. The average Bonchev–Trinajstić information content (AvgIpc) is 3.79. The number of hydrogen-bond acceptors (Lipinski definition) is 8. The van der Waals surface area contributed by atoms with E-state index < -0.39 is 5.92 Å². The van der Waals surface area contributed by atoms with Crippen LogP contribution in [0.3, 0.4) is 0 Å². The zero-order valence-corrected chi connectivity index (χ0v) is 26.7. The Bertz CT molecular complexity index is 1940. The van der Waals surface area contributed by atoms with Gasteiger partial charge in [-0.3, -0.25) is 24.1 Å². The summed E-state index contributed by atoms with van der Waals surface area (Å²) in [6.07, 6.45) is 0.802. The molecule has 7 atom stereocenters. The van der Waals surface area contributed by atoms with Gasteiger partial charge in [-0.15, -0.1) is 11.8 Å². The zero-order valence-electron chi connectivity index (χ0n) is 25.1. The highest BCUT2D eigenvalue weighted by atomic mass is 32.2. The fourth-order valence-electron chi connectivity index (χ4n) is 8.24. The van der Waals surface area contributed by atoms with E-state index in [-0.39, 0.29) is 64.0 Å². The van der Waals surface area contributed by atoms with E-state index in [9.17, 15) is 19.2 Å². The third-order valence-corrected chi connectivity index (χ3v) is 12.5. The molecule has 6 unspecified atom stereocenters. The first-order valence-electron chi connectivity index (χ1n) is 15.3. The van der Waals surface area contributed by atoms with Crippen LogP contribution in [0.4, 0.5) is 11.4 Å². The Morgan fingerprint density at radius 1 is 0.957 bits per heavy atom. The summed E-state index contributed by atoms with van der Waals surface area (Å²) >= 11 is 2.87. The first-order chi connectivity index (χ1) is 22.3. The maximum Gasteiger partial charge on any atom is 0.305 e. The maximum atomic E-state index is 14.0. The van der Waals surface area contributed by atoms with Crippen molar-refractivity contribution >= 4 is 52.2 Å². The molecule has 2 N–H and O–H groups in total. The number of aromatic nitrogens is 1. The number of fused-ring (bicyclic) bond motifs is 9. The van der Waals surface area contributed by atoms with Gasteiger partial charge < -0.3 is 19.8 Å². The fourth-order valence-corrected chi connectivity index (χ4v) is 11.1. The number of carbonyl (C=O) groups excluding carboxylic acids is 3. The molecule has 46 heavy (non-hydrogen) atoms. The van der Waals surface area contributed by atoms with Crippen LogP contribution in [0.25, 0.3) is 0 Å². The molecule has 2 aliphatic heterocycles. The van der Waals surface area contributed by atoms with Crippen LogP contribution >= 0.6 is 23.1 Å². The third kappa shape index (κ3) is 4.67. The van der Waals surface area contributed by atoms with Gasteiger partial charge in [0.1, 0.15) is 11.5 Å². The van der Waals surface area contributed by atoms with Gasteiger partial charge in [0, 0.05) is 21.7 Å². The molecule has 3 heterocycles. The zero-order chi connectivity index (χ0) is 31.7. The number of thiazole rings is 1. The number of aromatic amines is 1. The number of carbonyl (C=O) groups is 3. The van der Waals surface area contributed by atoms with E-state index in [1.54, 1.807) is 43.1 Å². The summed E-state index contributed by atoms with van der Waals surface area (Å²) in [4.78, 5) is 58.5. The lowest BCUT2D eigenvalue weighted by Gasteiger charge is -2.43. The lowest BCUT2D eigenvalue weighted by molar-refractivity contribution is -0.123. The minimum absolute atomic E-state index is 0.00719. The second-order valence-electron chi connectivity index (χ2n) is 12.4. The Hall–Kier alpha value is -4.35. The molecule has 2 bridgehead atoms. The predicted octanol–water partition coefficient (Wildman–Crippen LogP) is 5.45. The van der Waals surface area contributed by atoms with Crippen LogP contribution in [-0.4, -0.2) is 41.7 Å². The van der Waals surface area contributed by atoms with Gasteiger partial charge in [-0.25, -0.2) is 0 Å². The van der Waals surface area contributed by atoms with Crippen LogP contribution in [0.1, 0.15) is 28.3 Å². The van der Waals surface area contributed by atoms with Gasteiger partial charge in [0.05, 0.1) is 29.7 Å². The number of anilines is 2. The Morgan fingerprint density at radius 2 is 1.72 bits per heavy atom. The molecule has 3 aromatic carbocycles. The minimum atomic E-state index is -0.397. The van der Waals surface area contributed by atoms with Crippen molar-refractivity contribution < 1.29 is 23.9 Å². The Labute approximate surface area is 273 Å². The Balaban J connectivity index is 1.08. The summed E-state index contributed by atoms with van der Waals surface area (Å²) in [6, 6.07) is 22.3. The van der Waals surface area contributed by atoms with E-state index >= 15 is 0 Å². The summed E-state index contributed by atoms with van der Waals surface area (Å²) in [5.41, 5.74) is 3.29. The van der Waals surface area contributed by atoms with Crippen molar-refractivity contribution in [3.05, 3.63) is 98.5 Å². The van der Waals surface area contributed by atoms with Gasteiger partial charge in [0.25, 0.3) is 5.91 Å². The summed E-state index contributed by atoms with van der Waals surface area (Å²) < 4.78 is 11.2. The normalized spacial score (nSPS) is 27.3. The van der Waals surface area contributed by atoms with E-state index in [2.05, 4.69) is 10.3 Å². The second kappa shape index (κ2) is 11.2. The molecular formula is C35H31N3O6S2. The van der Waals surface area contributed by atoms with E-state index in [0.717, 1.165) is 27.5 Å². The lowest BCUT2D eigenvalue weighted by atomic mass is 9.68. The average molecular weight is 654 g/mol. The quantitative estimate of drug-likeness (QED) is 0.255. The third-order valence-electron chi connectivity index (χ3n) is 9.94. The van der Waals surface area contributed by atoms with Crippen molar-refractivity contribution in [2.24, 2.45) is 29.6 Å². The monoisotopic (exact) mass is 653 g/mol. The first kappa shape index (κ1) is 29.1. The number of H-pyrrole nitrogens is 1. The number of nitrogens with one attached hydrogen (secondary N) is 2. The van der Waals surface area contributed by atoms with E-state index in [0.29, 0.717) is 22.9 Å². The number of nitrogens with zero attached hydrogens (tertiary/aromatic N) is 1. The number of benzene rings is 3. The molecule has 4 aromatic rings. The van der Waals surface area contributed by atoms with Gasteiger partial charge in [-0.05, 0) is 90.8 Å². The highest BCUT2D eigenvalue weighted by Crippen LogP contribution is 2.68. The SMILES string of the molecule is COc1ccc(N2C(=O)C3C4CC(C3C2=O)C2C4Sc3[nH]c(=O)sc3[C@@H]2c2cccc(OCC(=O)Nc3cccc(C)c3)c2)cc1. The van der Waals surface area contributed by atoms with Gasteiger partial charge in [0.2, 0.25) is 11.8 Å². The number of thioether (sulfide) groups is 1. The summed E-state index contributed by atoms with van der Waals surface area (Å²) in [5.74, 6) is -0.171. The van der Waals surface area contributed by atoms with Gasteiger partial charge in [-0.2, -0.15) is 0 Å². The van der Waals surface area contributed by atoms with Crippen LogP contribution in [0.2, 0.25) is 0 Å². The van der Waals surface area contributed by atoms with Crippen molar-refractivity contribution in [1.82, 2.24) is 4.98 Å². The molecule has 3 fully saturated rings.